The second-order valence-electron chi connectivity index (χ2n) is 6.71. The monoisotopic (exact) mass is 397 g/mol. The fourth-order valence-electron chi connectivity index (χ4n) is 2.87. The molecule has 1 N–H and O–H groups in total. The normalized spacial score (nSPS) is 13.0. The second-order valence-corrected chi connectivity index (χ2v) is 7.72. The molecule has 0 fully saturated rings. The van der Waals surface area contributed by atoms with Crippen molar-refractivity contribution in [2.75, 3.05) is 7.11 Å². The van der Waals surface area contributed by atoms with E-state index in [0.29, 0.717) is 16.1 Å². The first kappa shape index (κ1) is 19.8. The minimum Gasteiger partial charge on any atom is -0.497 e. The molecule has 6 nitrogen and oxygen atoms in total. The third-order valence-electron chi connectivity index (χ3n) is 4.24. The van der Waals surface area contributed by atoms with E-state index in [1.54, 1.807) is 31.4 Å². The summed E-state index contributed by atoms with van der Waals surface area (Å²) in [6.07, 6.45) is 0. The van der Waals surface area contributed by atoms with Gasteiger partial charge in [0.25, 0.3) is 5.91 Å². The Hall–Kier alpha value is -2.93. The predicted molar refractivity (Wildman–Crippen MR) is 111 cm³/mol. The van der Waals surface area contributed by atoms with Crippen molar-refractivity contribution in [1.82, 2.24) is 9.88 Å². The number of nitrogens with zero attached hydrogens (tertiary/aromatic N) is 2. The standard InChI is InChI=1S/C21H23N3O3S/c1-13(2)22-19(25)14(3)24-17-10-5-6-11-18(17)28-21(24)23-20(26)15-8-7-9-16(12-15)27-4/h5-14H,1-4H3,(H,22,25). The van der Waals surface area contributed by atoms with Crippen molar-refractivity contribution in [1.29, 1.82) is 0 Å². The van der Waals surface area contributed by atoms with Crippen LogP contribution in [-0.2, 0) is 4.79 Å². The molecule has 1 aromatic heterocycles. The SMILES string of the molecule is COc1cccc(C(=O)N=c2sc3ccccc3n2C(C)C(=O)NC(C)C)c1. The number of hydrogen-bond acceptors (Lipinski definition) is 4. The minimum atomic E-state index is -0.504. The molecule has 0 saturated heterocycles. The number of hydrogen-bond donors (Lipinski definition) is 1. The van der Waals surface area contributed by atoms with E-state index in [1.165, 1.54) is 11.3 Å². The van der Waals surface area contributed by atoms with Crippen LogP contribution in [-0.4, -0.2) is 29.5 Å². The van der Waals surface area contributed by atoms with Crippen LogP contribution in [0.25, 0.3) is 10.2 Å². The van der Waals surface area contributed by atoms with Gasteiger partial charge in [0.15, 0.2) is 4.80 Å². The molecule has 2 aromatic carbocycles. The fourth-order valence-corrected chi connectivity index (χ4v) is 3.97. The fraction of sp³-hybridized carbons (Fsp3) is 0.286. The molecular weight excluding hydrogens is 374 g/mol. The van der Waals surface area contributed by atoms with Gasteiger partial charge >= 0.3 is 0 Å². The predicted octanol–water partition coefficient (Wildman–Crippen LogP) is 3.54. The van der Waals surface area contributed by atoms with Gasteiger partial charge in [-0.2, -0.15) is 4.99 Å². The first-order chi connectivity index (χ1) is 13.4. The van der Waals surface area contributed by atoms with E-state index in [0.717, 1.165) is 10.2 Å². The summed E-state index contributed by atoms with van der Waals surface area (Å²) >= 11 is 1.39. The minimum absolute atomic E-state index is 0.0271. The van der Waals surface area contributed by atoms with Gasteiger partial charge in [-0.25, -0.2) is 0 Å². The van der Waals surface area contributed by atoms with Gasteiger partial charge in [-0.15, -0.1) is 0 Å². The molecule has 3 rings (SSSR count). The molecule has 1 atom stereocenters. The van der Waals surface area contributed by atoms with Crippen molar-refractivity contribution in [2.24, 2.45) is 4.99 Å². The van der Waals surface area contributed by atoms with Gasteiger partial charge < -0.3 is 14.6 Å². The van der Waals surface area contributed by atoms with Crippen LogP contribution in [0.1, 0.15) is 37.2 Å². The Bertz CT molecular complexity index is 1080. The van der Waals surface area contributed by atoms with Crippen LogP contribution in [0.15, 0.2) is 53.5 Å². The molecule has 3 aromatic rings. The zero-order valence-corrected chi connectivity index (χ0v) is 17.1. The van der Waals surface area contributed by atoms with Crippen LogP contribution >= 0.6 is 11.3 Å². The maximum Gasteiger partial charge on any atom is 0.279 e. The van der Waals surface area contributed by atoms with E-state index in [-0.39, 0.29) is 17.9 Å². The molecule has 0 bridgehead atoms. The lowest BCUT2D eigenvalue weighted by molar-refractivity contribution is -0.124. The van der Waals surface area contributed by atoms with Crippen molar-refractivity contribution < 1.29 is 14.3 Å². The summed E-state index contributed by atoms with van der Waals surface area (Å²) in [5.74, 6) is 0.0967. The largest absolute Gasteiger partial charge is 0.497 e. The molecule has 0 spiro atoms. The third kappa shape index (κ3) is 4.14. The zero-order chi connectivity index (χ0) is 20.3. The lowest BCUT2D eigenvalue weighted by atomic mass is 10.2. The summed E-state index contributed by atoms with van der Waals surface area (Å²) in [6, 6.07) is 14.1. The molecule has 0 saturated carbocycles. The third-order valence-corrected chi connectivity index (χ3v) is 5.28. The van der Waals surface area contributed by atoms with Crippen molar-refractivity contribution >= 4 is 33.4 Å². The molecule has 146 valence electrons. The number of methoxy groups -OCH3 is 1. The van der Waals surface area contributed by atoms with Gasteiger partial charge in [-0.1, -0.05) is 29.5 Å². The number of carbonyl (C=O) groups excluding carboxylic acids is 2. The molecule has 1 unspecified atom stereocenters. The van der Waals surface area contributed by atoms with E-state index in [1.807, 2.05) is 49.6 Å². The summed E-state index contributed by atoms with van der Waals surface area (Å²) in [7, 11) is 1.55. The summed E-state index contributed by atoms with van der Waals surface area (Å²) < 4.78 is 7.96. The molecule has 0 radical (unpaired) electrons. The van der Waals surface area contributed by atoms with E-state index in [4.69, 9.17) is 4.74 Å². The summed E-state index contributed by atoms with van der Waals surface area (Å²) in [6.45, 7) is 5.64. The van der Waals surface area contributed by atoms with Crippen LogP contribution < -0.4 is 14.9 Å². The highest BCUT2D eigenvalue weighted by Crippen LogP contribution is 2.21. The number of carbonyl (C=O) groups is 2. The Labute approximate surface area is 167 Å². The number of rotatable bonds is 5. The van der Waals surface area contributed by atoms with E-state index in [2.05, 4.69) is 10.3 Å². The Balaban J connectivity index is 2.11. The number of ether oxygens (including phenoxy) is 1. The average Bonchev–Trinajstić information content (AvgIpc) is 3.04. The lowest BCUT2D eigenvalue weighted by Gasteiger charge is -2.17. The van der Waals surface area contributed by atoms with Gasteiger partial charge in [0.05, 0.1) is 17.3 Å². The topological polar surface area (TPSA) is 72.7 Å². The number of aromatic nitrogens is 1. The number of benzene rings is 2. The van der Waals surface area contributed by atoms with Crippen molar-refractivity contribution in [2.45, 2.75) is 32.9 Å². The van der Waals surface area contributed by atoms with Gasteiger partial charge in [-0.05, 0) is 51.1 Å². The Morgan fingerprint density at radius 1 is 1.11 bits per heavy atom. The number of nitrogens with one attached hydrogen (secondary N) is 1. The number of amides is 2. The lowest BCUT2D eigenvalue weighted by Crippen LogP contribution is -2.38. The molecule has 1 heterocycles. The Morgan fingerprint density at radius 2 is 1.86 bits per heavy atom. The van der Waals surface area contributed by atoms with Crippen LogP contribution in [0, 0.1) is 0 Å². The highest BCUT2D eigenvalue weighted by Gasteiger charge is 2.20. The Kier molecular flexibility index (Phi) is 5.94. The number of thiazole rings is 1. The molecule has 0 aliphatic carbocycles. The van der Waals surface area contributed by atoms with Crippen molar-refractivity contribution in [3.8, 4) is 5.75 Å². The van der Waals surface area contributed by atoms with E-state index in [9.17, 15) is 9.59 Å². The average molecular weight is 398 g/mol. The quantitative estimate of drug-likeness (QED) is 0.716. The smallest absolute Gasteiger partial charge is 0.279 e. The van der Waals surface area contributed by atoms with Crippen LogP contribution in [0.2, 0.25) is 0 Å². The Morgan fingerprint density at radius 3 is 2.57 bits per heavy atom. The van der Waals surface area contributed by atoms with Crippen LogP contribution in [0.5, 0.6) is 5.75 Å². The summed E-state index contributed by atoms with van der Waals surface area (Å²) in [5, 5.41) is 2.92. The van der Waals surface area contributed by atoms with Gasteiger partial charge in [0, 0.05) is 11.6 Å². The zero-order valence-electron chi connectivity index (χ0n) is 16.3. The second kappa shape index (κ2) is 8.39. The first-order valence-electron chi connectivity index (χ1n) is 9.04. The summed E-state index contributed by atoms with van der Waals surface area (Å²) in [4.78, 5) is 30.2. The van der Waals surface area contributed by atoms with Gasteiger partial charge in [-0.3, -0.25) is 9.59 Å². The molecular formula is C21H23N3O3S. The van der Waals surface area contributed by atoms with Crippen molar-refractivity contribution in [3.63, 3.8) is 0 Å². The van der Waals surface area contributed by atoms with Crippen molar-refractivity contribution in [3.05, 3.63) is 58.9 Å². The van der Waals surface area contributed by atoms with Gasteiger partial charge in [0.2, 0.25) is 5.91 Å². The maximum absolute atomic E-state index is 12.8. The number of para-hydroxylation sites is 1. The molecule has 0 aliphatic rings. The van der Waals surface area contributed by atoms with Crippen LogP contribution in [0.3, 0.4) is 0 Å². The molecule has 0 aliphatic heterocycles. The number of fused-ring (bicyclic) bond motifs is 1. The molecule has 2 amide bonds. The van der Waals surface area contributed by atoms with Gasteiger partial charge in [0.1, 0.15) is 11.8 Å². The van der Waals surface area contributed by atoms with Crippen LogP contribution in [0.4, 0.5) is 0 Å². The summed E-state index contributed by atoms with van der Waals surface area (Å²) in [5.41, 5.74) is 1.30. The van der Waals surface area contributed by atoms with E-state index >= 15 is 0 Å². The van der Waals surface area contributed by atoms with E-state index < -0.39 is 6.04 Å². The highest BCUT2D eigenvalue weighted by molar-refractivity contribution is 7.16. The first-order valence-corrected chi connectivity index (χ1v) is 9.86. The molecule has 7 heteroatoms. The highest BCUT2D eigenvalue weighted by atomic mass is 32.1. The maximum atomic E-state index is 12.8. The molecule has 28 heavy (non-hydrogen) atoms.